The van der Waals surface area contributed by atoms with Crippen LogP contribution in [0.3, 0.4) is 0 Å². The van der Waals surface area contributed by atoms with E-state index in [2.05, 4.69) is 11.5 Å². The highest BCUT2D eigenvalue weighted by atomic mass is 16.5. The zero-order valence-electron chi connectivity index (χ0n) is 24.4. The Kier molecular flexibility index (Phi) is 7.27. The van der Waals surface area contributed by atoms with Crippen LogP contribution in [-0.2, 0) is 21.4 Å². The predicted octanol–water partition coefficient (Wildman–Crippen LogP) is 0.583. The molecule has 2 aromatic rings. The van der Waals surface area contributed by atoms with Gasteiger partial charge in [0.05, 0.1) is 28.2 Å². The van der Waals surface area contributed by atoms with Gasteiger partial charge >= 0.3 is 11.9 Å². The number of hydrogen-bond acceptors (Lipinski definition) is 10. The van der Waals surface area contributed by atoms with Crippen LogP contribution in [0.15, 0.2) is 43.0 Å². The quantitative estimate of drug-likeness (QED) is 0.193. The third-order valence-electron chi connectivity index (χ3n) is 10.2. The van der Waals surface area contributed by atoms with Crippen LogP contribution in [0.1, 0.15) is 56.7 Å². The van der Waals surface area contributed by atoms with Gasteiger partial charge in [0, 0.05) is 18.2 Å². The first-order valence-electron chi connectivity index (χ1n) is 14.7. The lowest BCUT2D eigenvalue weighted by molar-refractivity contribution is -0.194. The Morgan fingerprint density at radius 2 is 1.78 bits per heavy atom. The molecule has 7 atom stereocenters. The summed E-state index contributed by atoms with van der Waals surface area (Å²) in [6, 6.07) is 8.27. The van der Waals surface area contributed by atoms with Crippen molar-refractivity contribution in [1.29, 1.82) is 0 Å². The number of phenols is 1. The highest BCUT2D eigenvalue weighted by Crippen LogP contribution is 2.66. The van der Waals surface area contributed by atoms with Gasteiger partial charge in [0.1, 0.15) is 6.10 Å². The molecule has 2 aliphatic carbocycles. The maximum absolute atomic E-state index is 13.6. The van der Waals surface area contributed by atoms with E-state index >= 15 is 0 Å². The lowest BCUT2D eigenvalue weighted by atomic mass is 9.48. The van der Waals surface area contributed by atoms with Gasteiger partial charge in [-0.2, -0.15) is 0 Å². The van der Waals surface area contributed by atoms with Gasteiger partial charge in [-0.25, -0.2) is 9.59 Å². The molecular formula is C32H34N2O11. The highest BCUT2D eigenvalue weighted by molar-refractivity contribution is 6.22. The fraction of sp³-hybridized carbons (Fsp3) is 0.438. The minimum atomic E-state index is -2.27. The number of piperidine rings is 1. The van der Waals surface area contributed by atoms with Crippen LogP contribution in [0.2, 0.25) is 0 Å². The summed E-state index contributed by atoms with van der Waals surface area (Å²) in [7, 11) is 0. The molecule has 1 saturated carbocycles. The van der Waals surface area contributed by atoms with Crippen molar-refractivity contribution in [2.45, 2.75) is 74.0 Å². The predicted molar refractivity (Wildman–Crippen MR) is 155 cm³/mol. The number of likely N-dealkylation sites (tertiary alicyclic amines) is 1. The lowest BCUT2D eigenvalue weighted by Gasteiger charge is -2.64. The average molecular weight is 623 g/mol. The number of aliphatic hydroxyl groups excluding tert-OH is 2. The topological polar surface area (TPSA) is 205 Å². The van der Waals surface area contributed by atoms with Gasteiger partial charge in [0.25, 0.3) is 11.8 Å². The number of carbonyl (C=O) groups excluding carboxylic acids is 2. The number of carboxylic acid groups (broad SMARTS) is 2. The molecule has 6 N–H and O–H groups in total. The Balaban J connectivity index is 0.000000311. The minimum Gasteiger partial charge on any atom is -0.504 e. The first-order valence-corrected chi connectivity index (χ1v) is 14.7. The fourth-order valence-electron chi connectivity index (χ4n) is 8.30. The minimum absolute atomic E-state index is 0.0406. The van der Waals surface area contributed by atoms with Gasteiger partial charge in [0.15, 0.2) is 23.7 Å². The number of carbonyl (C=O) groups is 4. The van der Waals surface area contributed by atoms with Crippen LogP contribution in [0.25, 0.3) is 0 Å². The number of phenolic OH excluding ortho intramolecular Hbond substituents is 1. The van der Waals surface area contributed by atoms with Crippen LogP contribution < -0.4 is 4.74 Å². The molecule has 7 rings (SSSR count). The molecule has 13 nitrogen and oxygen atoms in total. The van der Waals surface area contributed by atoms with E-state index < -0.39 is 47.3 Å². The molecule has 3 heterocycles. The van der Waals surface area contributed by atoms with Gasteiger partial charge in [-0.1, -0.05) is 24.3 Å². The van der Waals surface area contributed by atoms with E-state index in [-0.39, 0.29) is 23.6 Å². The molecule has 5 aliphatic rings. The summed E-state index contributed by atoms with van der Waals surface area (Å²) in [5, 5.41) is 55.8. The summed E-state index contributed by atoms with van der Waals surface area (Å²) in [6.07, 6.45) is -1.14. The number of amides is 2. The van der Waals surface area contributed by atoms with Gasteiger partial charge < -0.3 is 35.4 Å². The van der Waals surface area contributed by atoms with E-state index in [1.54, 1.807) is 18.2 Å². The normalized spacial score (nSPS) is 30.3. The van der Waals surface area contributed by atoms with Gasteiger partial charge in [0.2, 0.25) is 0 Å². The molecule has 0 radical (unpaired) electrons. The second kappa shape index (κ2) is 10.7. The van der Waals surface area contributed by atoms with Crippen LogP contribution in [0, 0.1) is 6.92 Å². The maximum Gasteiger partial charge on any atom is 0.335 e. The van der Waals surface area contributed by atoms with Crippen LogP contribution in [-0.4, -0.2) is 113 Å². The number of rotatable bonds is 6. The van der Waals surface area contributed by atoms with Crippen molar-refractivity contribution in [3.8, 4) is 11.5 Å². The Labute approximate surface area is 257 Å². The second-order valence-corrected chi connectivity index (χ2v) is 12.3. The molecule has 3 unspecified atom stereocenters. The number of fused-ring (bicyclic) bond motifs is 1. The number of aliphatic carboxylic acids is 2. The molecule has 45 heavy (non-hydrogen) atoms. The van der Waals surface area contributed by atoms with Crippen molar-refractivity contribution in [2.24, 2.45) is 0 Å². The zero-order chi connectivity index (χ0) is 32.6. The number of ether oxygens (including phenoxy) is 1. The Morgan fingerprint density at radius 3 is 2.40 bits per heavy atom. The number of hydrogen-bond donors (Lipinski definition) is 6. The van der Waals surface area contributed by atoms with E-state index in [9.17, 15) is 29.4 Å². The summed E-state index contributed by atoms with van der Waals surface area (Å²) >= 11 is 0. The molecule has 238 valence electrons. The summed E-state index contributed by atoms with van der Waals surface area (Å²) < 4.78 is 6.53. The number of carboxylic acids is 2. The van der Waals surface area contributed by atoms with E-state index in [0.717, 1.165) is 23.2 Å². The highest BCUT2D eigenvalue weighted by Gasteiger charge is 2.74. The van der Waals surface area contributed by atoms with Crippen molar-refractivity contribution in [2.75, 3.05) is 13.1 Å². The van der Waals surface area contributed by atoms with E-state index in [4.69, 9.17) is 25.2 Å². The van der Waals surface area contributed by atoms with E-state index in [0.29, 0.717) is 49.1 Å². The van der Waals surface area contributed by atoms with Crippen molar-refractivity contribution >= 4 is 23.8 Å². The molecule has 2 fully saturated rings. The zero-order valence-corrected chi connectivity index (χ0v) is 24.4. The Hall–Kier alpha value is -4.30. The molecule has 2 bridgehead atoms. The smallest absolute Gasteiger partial charge is 0.335 e. The van der Waals surface area contributed by atoms with Gasteiger partial charge in [-0.3, -0.25) is 19.4 Å². The summed E-state index contributed by atoms with van der Waals surface area (Å²) in [5.74, 6) is -3.69. The van der Waals surface area contributed by atoms with Crippen molar-refractivity contribution in [3.63, 3.8) is 0 Å². The standard InChI is InChI=1S/C28H28N2O5.C4H6O6/c1-3-12-29-13-11-27-22-16-7-8-19(31)23(22)35-24(27)18(9-10-28(27,34)20(29)14-16)30-25(32)17-6-4-5-15(2)21(17)26(30)33;5-1(3(7)8)2(6)4(9)10/h3-8,18,20,24,31,34H,1,9-14H2,2H3;1-2,5-6H,(H,7,8)(H,9,10)/t18-,20+,24-,27-,28?;/m0./s1. The lowest BCUT2D eigenvalue weighted by Crippen LogP contribution is -2.78. The summed E-state index contributed by atoms with van der Waals surface area (Å²) in [5.41, 5.74) is 1.69. The summed E-state index contributed by atoms with van der Waals surface area (Å²) in [6.45, 7) is 7.17. The van der Waals surface area contributed by atoms with E-state index in [1.807, 2.05) is 25.1 Å². The third-order valence-corrected chi connectivity index (χ3v) is 10.2. The fourth-order valence-corrected chi connectivity index (χ4v) is 8.30. The van der Waals surface area contributed by atoms with Crippen LogP contribution >= 0.6 is 0 Å². The second-order valence-electron chi connectivity index (χ2n) is 12.3. The van der Waals surface area contributed by atoms with Crippen molar-refractivity contribution in [1.82, 2.24) is 9.80 Å². The molecule has 3 aliphatic heterocycles. The molecule has 1 saturated heterocycles. The van der Waals surface area contributed by atoms with E-state index in [1.165, 1.54) is 4.90 Å². The van der Waals surface area contributed by atoms with Crippen LogP contribution in [0.4, 0.5) is 0 Å². The largest absolute Gasteiger partial charge is 0.504 e. The Morgan fingerprint density at radius 1 is 1.09 bits per heavy atom. The van der Waals surface area contributed by atoms with Gasteiger partial charge in [-0.15, -0.1) is 6.58 Å². The first-order chi connectivity index (χ1) is 21.3. The molecular weight excluding hydrogens is 588 g/mol. The molecule has 2 amide bonds. The monoisotopic (exact) mass is 622 g/mol. The van der Waals surface area contributed by atoms with Crippen molar-refractivity contribution in [3.05, 3.63) is 70.8 Å². The number of nitrogens with zero attached hydrogens (tertiary/aromatic N) is 2. The van der Waals surface area contributed by atoms with Crippen molar-refractivity contribution < 1.29 is 54.6 Å². The molecule has 0 aromatic heterocycles. The van der Waals surface area contributed by atoms with Crippen LogP contribution in [0.5, 0.6) is 11.5 Å². The number of imide groups is 1. The Bertz CT molecular complexity index is 1620. The SMILES string of the molecule is C=CCN1CC[C@]23c4c5ccc(O)c4O[C@H]2[C@@H](N2C(=O)c4cccc(C)c4C2=O)CCC3(O)[C@H]1C5.O=C(O)C(O)C(O)C(=O)O. The average Bonchev–Trinajstić information content (AvgIpc) is 3.48. The third kappa shape index (κ3) is 4.14. The number of benzene rings is 2. The number of aliphatic hydroxyl groups is 3. The number of aryl methyl sites for hydroxylation is 1. The molecule has 2 aromatic carbocycles. The first kappa shape index (κ1) is 30.7. The summed E-state index contributed by atoms with van der Waals surface area (Å²) in [4.78, 5) is 50.4. The maximum atomic E-state index is 13.6. The van der Waals surface area contributed by atoms with Gasteiger partial charge in [-0.05, 0) is 62.4 Å². The molecule has 13 heteroatoms. The number of aromatic hydroxyl groups is 1. The molecule has 1 spiro atoms.